The first-order chi connectivity index (χ1) is 8.88. The van der Waals surface area contributed by atoms with Gasteiger partial charge in [0.1, 0.15) is 6.04 Å². The molecule has 3 N–H and O–H groups in total. The summed E-state index contributed by atoms with van der Waals surface area (Å²) < 4.78 is 0. The quantitative estimate of drug-likeness (QED) is 0.544. The van der Waals surface area contributed by atoms with Gasteiger partial charge >= 0.3 is 5.97 Å². The van der Waals surface area contributed by atoms with Gasteiger partial charge in [-0.05, 0) is 12.3 Å². The number of amides is 2. The highest BCUT2D eigenvalue weighted by atomic mass is 16.4. The van der Waals surface area contributed by atoms with Crippen LogP contribution in [0.4, 0.5) is 0 Å². The van der Waals surface area contributed by atoms with Crippen LogP contribution in [0.15, 0.2) is 0 Å². The fourth-order valence-electron chi connectivity index (χ4n) is 1.48. The molecule has 0 saturated heterocycles. The van der Waals surface area contributed by atoms with Gasteiger partial charge < -0.3 is 15.7 Å². The lowest BCUT2D eigenvalue weighted by atomic mass is 10.0. The third-order valence-electron chi connectivity index (χ3n) is 2.68. The van der Waals surface area contributed by atoms with Crippen LogP contribution in [-0.2, 0) is 14.4 Å². The predicted molar refractivity (Wildman–Crippen MR) is 71.6 cm³/mol. The van der Waals surface area contributed by atoms with Crippen LogP contribution in [0.3, 0.4) is 0 Å². The summed E-state index contributed by atoms with van der Waals surface area (Å²) in [5.74, 6) is -1.85. The van der Waals surface area contributed by atoms with Gasteiger partial charge in [-0.2, -0.15) is 0 Å². The van der Waals surface area contributed by atoms with Crippen molar-refractivity contribution < 1.29 is 19.5 Å². The van der Waals surface area contributed by atoms with E-state index in [0.717, 1.165) is 12.8 Å². The number of hydrogen-bond acceptors (Lipinski definition) is 3. The minimum atomic E-state index is -1.06. The van der Waals surface area contributed by atoms with Gasteiger partial charge in [0, 0.05) is 19.4 Å². The van der Waals surface area contributed by atoms with Crippen molar-refractivity contribution in [3.63, 3.8) is 0 Å². The number of carbonyl (C=O) groups excluding carboxylic acids is 2. The molecule has 0 aromatic heterocycles. The number of rotatable bonds is 9. The van der Waals surface area contributed by atoms with Crippen molar-refractivity contribution in [2.24, 2.45) is 5.92 Å². The van der Waals surface area contributed by atoms with E-state index in [1.165, 1.54) is 0 Å². The van der Waals surface area contributed by atoms with Crippen LogP contribution in [0.25, 0.3) is 0 Å². The normalized spacial score (nSPS) is 12.0. The first kappa shape index (κ1) is 17.4. The molecule has 0 aliphatic heterocycles. The molecule has 0 spiro atoms. The maximum Gasteiger partial charge on any atom is 0.326 e. The zero-order valence-corrected chi connectivity index (χ0v) is 11.9. The summed E-state index contributed by atoms with van der Waals surface area (Å²) in [5.41, 5.74) is 0. The van der Waals surface area contributed by atoms with E-state index in [2.05, 4.69) is 10.6 Å². The van der Waals surface area contributed by atoms with Gasteiger partial charge in [0.15, 0.2) is 0 Å². The molecule has 1 unspecified atom stereocenters. The standard InChI is InChI=1S/C13H24N2O4/c1-4-5-8-14-10(16)6-7-11(17)15-12(9(2)3)13(18)19/h9,12H,4-8H2,1-3H3,(H,14,16)(H,15,17)(H,18,19). The minimum Gasteiger partial charge on any atom is -0.480 e. The molecular weight excluding hydrogens is 248 g/mol. The predicted octanol–water partition coefficient (Wildman–Crippen LogP) is 0.908. The van der Waals surface area contributed by atoms with Crippen LogP contribution >= 0.6 is 0 Å². The van der Waals surface area contributed by atoms with E-state index in [1.54, 1.807) is 13.8 Å². The van der Waals surface area contributed by atoms with Crippen LogP contribution in [0.5, 0.6) is 0 Å². The minimum absolute atomic E-state index is 0.00839. The number of unbranched alkanes of at least 4 members (excludes halogenated alkanes) is 1. The summed E-state index contributed by atoms with van der Waals surface area (Å²) >= 11 is 0. The van der Waals surface area contributed by atoms with Crippen LogP contribution in [0.2, 0.25) is 0 Å². The van der Waals surface area contributed by atoms with Crippen molar-refractivity contribution in [2.45, 2.75) is 52.5 Å². The van der Waals surface area contributed by atoms with Crippen molar-refractivity contribution in [1.82, 2.24) is 10.6 Å². The highest BCUT2D eigenvalue weighted by Crippen LogP contribution is 2.02. The molecule has 0 aromatic carbocycles. The Kier molecular flexibility index (Phi) is 8.57. The second kappa shape index (κ2) is 9.35. The number of aliphatic carboxylic acids is 1. The Labute approximate surface area is 113 Å². The molecule has 0 rings (SSSR count). The second-order valence-electron chi connectivity index (χ2n) is 4.83. The topological polar surface area (TPSA) is 95.5 Å². The molecule has 0 aromatic rings. The second-order valence-corrected chi connectivity index (χ2v) is 4.83. The fraction of sp³-hybridized carbons (Fsp3) is 0.769. The molecule has 0 radical (unpaired) electrons. The van der Waals surface area contributed by atoms with Crippen LogP contribution in [0, 0.1) is 5.92 Å². The van der Waals surface area contributed by atoms with Crippen molar-refractivity contribution >= 4 is 17.8 Å². The Balaban J connectivity index is 3.97. The Morgan fingerprint density at radius 2 is 1.68 bits per heavy atom. The molecule has 6 nitrogen and oxygen atoms in total. The zero-order chi connectivity index (χ0) is 14.8. The van der Waals surface area contributed by atoms with Gasteiger partial charge in [-0.25, -0.2) is 4.79 Å². The smallest absolute Gasteiger partial charge is 0.326 e. The summed E-state index contributed by atoms with van der Waals surface area (Å²) in [6.45, 7) is 6.07. The van der Waals surface area contributed by atoms with Crippen molar-refractivity contribution in [2.75, 3.05) is 6.54 Å². The van der Waals surface area contributed by atoms with Crippen molar-refractivity contribution in [3.8, 4) is 0 Å². The van der Waals surface area contributed by atoms with E-state index >= 15 is 0 Å². The summed E-state index contributed by atoms with van der Waals surface area (Å²) in [6.07, 6.45) is 2.00. The Bertz CT molecular complexity index is 316. The lowest BCUT2D eigenvalue weighted by Gasteiger charge is -2.17. The summed E-state index contributed by atoms with van der Waals surface area (Å²) in [4.78, 5) is 33.8. The summed E-state index contributed by atoms with van der Waals surface area (Å²) in [6, 6.07) is -0.907. The average molecular weight is 272 g/mol. The molecule has 1 atom stereocenters. The molecule has 0 aliphatic carbocycles. The average Bonchev–Trinajstić information content (AvgIpc) is 2.33. The van der Waals surface area contributed by atoms with Crippen LogP contribution in [0.1, 0.15) is 46.5 Å². The number of carboxylic acid groups (broad SMARTS) is 1. The van der Waals surface area contributed by atoms with E-state index in [-0.39, 0.29) is 24.7 Å². The van der Waals surface area contributed by atoms with Gasteiger partial charge in [0.25, 0.3) is 0 Å². The Hall–Kier alpha value is -1.59. The molecule has 0 aliphatic rings. The fourth-order valence-corrected chi connectivity index (χ4v) is 1.48. The number of carbonyl (C=O) groups is 3. The zero-order valence-electron chi connectivity index (χ0n) is 11.9. The molecular formula is C13H24N2O4. The van der Waals surface area contributed by atoms with Crippen LogP contribution < -0.4 is 10.6 Å². The highest BCUT2D eigenvalue weighted by molar-refractivity contribution is 5.86. The van der Waals surface area contributed by atoms with Crippen molar-refractivity contribution in [3.05, 3.63) is 0 Å². The van der Waals surface area contributed by atoms with Gasteiger partial charge in [0.2, 0.25) is 11.8 Å². The van der Waals surface area contributed by atoms with E-state index in [1.807, 2.05) is 6.92 Å². The maximum absolute atomic E-state index is 11.5. The van der Waals surface area contributed by atoms with Gasteiger partial charge in [-0.15, -0.1) is 0 Å². The highest BCUT2D eigenvalue weighted by Gasteiger charge is 2.23. The van der Waals surface area contributed by atoms with E-state index in [0.29, 0.717) is 6.54 Å². The third kappa shape index (κ3) is 8.18. The third-order valence-corrected chi connectivity index (χ3v) is 2.68. The largest absolute Gasteiger partial charge is 0.480 e. The van der Waals surface area contributed by atoms with E-state index < -0.39 is 17.9 Å². The van der Waals surface area contributed by atoms with E-state index in [9.17, 15) is 14.4 Å². The lowest BCUT2D eigenvalue weighted by molar-refractivity contribution is -0.143. The first-order valence-corrected chi connectivity index (χ1v) is 6.67. The molecule has 19 heavy (non-hydrogen) atoms. The maximum atomic E-state index is 11.5. The van der Waals surface area contributed by atoms with E-state index in [4.69, 9.17) is 5.11 Å². The SMILES string of the molecule is CCCCNC(=O)CCC(=O)NC(C(=O)O)C(C)C. The molecule has 0 heterocycles. The Morgan fingerprint density at radius 1 is 1.11 bits per heavy atom. The molecule has 2 amide bonds. The summed E-state index contributed by atoms with van der Waals surface area (Å²) in [5, 5.41) is 14.0. The van der Waals surface area contributed by atoms with Crippen LogP contribution in [-0.4, -0.2) is 35.5 Å². The lowest BCUT2D eigenvalue weighted by Crippen LogP contribution is -2.44. The van der Waals surface area contributed by atoms with Gasteiger partial charge in [-0.3, -0.25) is 9.59 Å². The number of hydrogen-bond donors (Lipinski definition) is 3. The number of carboxylic acids is 1. The van der Waals surface area contributed by atoms with Gasteiger partial charge in [0.05, 0.1) is 0 Å². The first-order valence-electron chi connectivity index (χ1n) is 6.67. The Morgan fingerprint density at radius 3 is 2.16 bits per heavy atom. The molecule has 6 heteroatoms. The van der Waals surface area contributed by atoms with Gasteiger partial charge in [-0.1, -0.05) is 27.2 Å². The molecule has 0 saturated carbocycles. The number of nitrogens with one attached hydrogen (secondary N) is 2. The monoisotopic (exact) mass is 272 g/mol. The summed E-state index contributed by atoms with van der Waals surface area (Å²) in [7, 11) is 0. The molecule has 110 valence electrons. The molecule has 0 fully saturated rings. The van der Waals surface area contributed by atoms with Crippen molar-refractivity contribution in [1.29, 1.82) is 0 Å². The molecule has 0 bridgehead atoms.